The number of rotatable bonds is 5. The van der Waals surface area contributed by atoms with Crippen molar-refractivity contribution in [2.24, 2.45) is 5.14 Å². The number of amides is 2. The molecule has 0 atom stereocenters. The van der Waals surface area contributed by atoms with Gasteiger partial charge in [0.25, 0.3) is 5.91 Å². The summed E-state index contributed by atoms with van der Waals surface area (Å²) in [6.45, 7) is 1.03. The molecule has 2 amide bonds. The van der Waals surface area contributed by atoms with Gasteiger partial charge in [-0.3, -0.25) is 9.59 Å². The number of anilines is 2. The second kappa shape index (κ2) is 6.86. The summed E-state index contributed by atoms with van der Waals surface area (Å²) in [7, 11) is -3.66. The molecule has 0 aromatic heterocycles. The Kier molecular flexibility index (Phi) is 5.11. The molecule has 22 heavy (non-hydrogen) atoms. The summed E-state index contributed by atoms with van der Waals surface area (Å²) in [5, 5.41) is 7.41. The zero-order valence-electron chi connectivity index (χ0n) is 11.8. The molecular weight excluding hydrogens is 310 g/mol. The van der Waals surface area contributed by atoms with Crippen molar-refractivity contribution < 1.29 is 22.7 Å². The molecule has 0 spiro atoms. The smallest absolute Gasteiger partial charge is 0.253 e. The van der Waals surface area contributed by atoms with E-state index in [9.17, 15) is 18.0 Å². The number of nitrogens with two attached hydrogens (primary N) is 1. The zero-order valence-corrected chi connectivity index (χ0v) is 12.6. The predicted molar refractivity (Wildman–Crippen MR) is 80.8 cm³/mol. The number of ether oxygens (including phenoxy) is 1. The first-order valence-corrected chi connectivity index (χ1v) is 8.35. The Hall–Kier alpha value is -1.97. The first kappa shape index (κ1) is 16.4. The molecule has 1 aromatic rings. The maximum Gasteiger partial charge on any atom is 0.253 e. The Bertz CT molecular complexity index is 657. The van der Waals surface area contributed by atoms with Crippen LogP contribution in [-0.4, -0.2) is 45.7 Å². The zero-order chi connectivity index (χ0) is 16.2. The van der Waals surface area contributed by atoms with E-state index in [0.717, 1.165) is 5.69 Å². The Morgan fingerprint density at radius 3 is 2.59 bits per heavy atom. The Morgan fingerprint density at radius 1 is 1.32 bits per heavy atom. The number of carbonyl (C=O) groups excluding carboxylic acids is 2. The minimum absolute atomic E-state index is 0.0616. The van der Waals surface area contributed by atoms with Gasteiger partial charge in [0.15, 0.2) is 0 Å². The lowest BCUT2D eigenvalue weighted by molar-refractivity contribution is -0.125. The van der Waals surface area contributed by atoms with Gasteiger partial charge in [-0.25, -0.2) is 13.6 Å². The van der Waals surface area contributed by atoms with E-state index in [-0.39, 0.29) is 18.9 Å². The third-order valence-electron chi connectivity index (χ3n) is 3.06. The molecule has 1 aromatic carbocycles. The maximum absolute atomic E-state index is 11.7. The van der Waals surface area contributed by atoms with E-state index in [4.69, 9.17) is 9.88 Å². The van der Waals surface area contributed by atoms with Gasteiger partial charge in [-0.1, -0.05) is 0 Å². The highest BCUT2D eigenvalue weighted by atomic mass is 32.2. The van der Waals surface area contributed by atoms with Crippen molar-refractivity contribution >= 4 is 33.2 Å². The van der Waals surface area contributed by atoms with Crippen LogP contribution in [0, 0.1) is 0 Å². The highest BCUT2D eigenvalue weighted by Gasteiger charge is 2.20. The monoisotopic (exact) mass is 327 g/mol. The van der Waals surface area contributed by atoms with Gasteiger partial charge in [0, 0.05) is 24.3 Å². The molecular formula is C13H17N3O5S. The van der Waals surface area contributed by atoms with Crippen molar-refractivity contribution in [1.82, 2.24) is 0 Å². The molecule has 1 fully saturated rings. The second-order valence-electron chi connectivity index (χ2n) is 4.81. The summed E-state index contributed by atoms with van der Waals surface area (Å²) in [6, 6.07) is 6.71. The van der Waals surface area contributed by atoms with Crippen molar-refractivity contribution in [1.29, 1.82) is 0 Å². The molecule has 2 rings (SSSR count). The van der Waals surface area contributed by atoms with E-state index >= 15 is 0 Å². The molecule has 0 radical (unpaired) electrons. The molecule has 1 saturated heterocycles. The molecule has 3 N–H and O–H groups in total. The number of hydrogen-bond donors (Lipinski definition) is 2. The quantitative estimate of drug-likeness (QED) is 0.767. The summed E-state index contributed by atoms with van der Waals surface area (Å²) in [6.07, 6.45) is -0.206. The average molecular weight is 327 g/mol. The molecule has 0 aliphatic carbocycles. The Morgan fingerprint density at radius 2 is 2.00 bits per heavy atom. The van der Waals surface area contributed by atoms with Gasteiger partial charge in [-0.15, -0.1) is 0 Å². The second-order valence-corrected chi connectivity index (χ2v) is 6.54. The molecule has 0 unspecified atom stereocenters. The molecule has 1 aliphatic rings. The van der Waals surface area contributed by atoms with E-state index < -0.39 is 21.7 Å². The minimum atomic E-state index is -3.66. The van der Waals surface area contributed by atoms with Gasteiger partial charge in [-0.2, -0.15) is 0 Å². The van der Waals surface area contributed by atoms with Crippen LogP contribution in [0.4, 0.5) is 11.4 Å². The summed E-state index contributed by atoms with van der Waals surface area (Å²) >= 11 is 0. The Labute approximate surface area is 128 Å². The molecule has 0 saturated carbocycles. The summed E-state index contributed by atoms with van der Waals surface area (Å²) in [5.74, 6) is -0.959. The van der Waals surface area contributed by atoms with Crippen LogP contribution in [0.5, 0.6) is 0 Å². The van der Waals surface area contributed by atoms with Crippen molar-refractivity contribution in [3.05, 3.63) is 24.3 Å². The molecule has 0 bridgehead atoms. The van der Waals surface area contributed by atoms with Crippen LogP contribution >= 0.6 is 0 Å². The van der Waals surface area contributed by atoms with Crippen LogP contribution in [0.15, 0.2) is 24.3 Å². The van der Waals surface area contributed by atoms with E-state index in [1.165, 1.54) is 0 Å². The SMILES string of the molecule is NS(=O)(=O)CCC(=O)Nc1ccc(N2CCOCC2=O)cc1. The van der Waals surface area contributed by atoms with Gasteiger partial charge >= 0.3 is 0 Å². The first-order valence-electron chi connectivity index (χ1n) is 6.64. The molecule has 8 nitrogen and oxygen atoms in total. The number of hydrogen-bond acceptors (Lipinski definition) is 5. The molecule has 120 valence electrons. The highest BCUT2D eigenvalue weighted by molar-refractivity contribution is 7.89. The van der Waals surface area contributed by atoms with Crippen LogP contribution in [-0.2, 0) is 24.3 Å². The number of nitrogens with one attached hydrogen (secondary N) is 1. The number of nitrogens with zero attached hydrogens (tertiary/aromatic N) is 1. The highest BCUT2D eigenvalue weighted by Crippen LogP contribution is 2.19. The summed E-state index contributed by atoms with van der Waals surface area (Å²) in [4.78, 5) is 24.9. The van der Waals surface area contributed by atoms with Gasteiger partial charge in [0.1, 0.15) is 6.61 Å². The lowest BCUT2D eigenvalue weighted by Crippen LogP contribution is -2.41. The Balaban J connectivity index is 1.94. The number of morpholine rings is 1. The summed E-state index contributed by atoms with van der Waals surface area (Å²) in [5.41, 5.74) is 1.24. The van der Waals surface area contributed by atoms with Gasteiger partial charge in [-0.05, 0) is 24.3 Å². The van der Waals surface area contributed by atoms with E-state index in [1.54, 1.807) is 29.2 Å². The number of benzene rings is 1. The number of sulfonamides is 1. The lowest BCUT2D eigenvalue weighted by Gasteiger charge is -2.26. The van der Waals surface area contributed by atoms with Crippen molar-refractivity contribution in [3.8, 4) is 0 Å². The lowest BCUT2D eigenvalue weighted by atomic mass is 10.2. The van der Waals surface area contributed by atoms with Gasteiger partial charge in [0.2, 0.25) is 15.9 Å². The fraction of sp³-hybridized carbons (Fsp3) is 0.385. The van der Waals surface area contributed by atoms with Crippen molar-refractivity contribution in [2.45, 2.75) is 6.42 Å². The number of primary sulfonamides is 1. The summed E-state index contributed by atoms with van der Waals surface area (Å²) < 4.78 is 26.6. The van der Waals surface area contributed by atoms with Crippen LogP contribution in [0.2, 0.25) is 0 Å². The fourth-order valence-electron chi connectivity index (χ4n) is 1.97. The molecule has 1 heterocycles. The minimum Gasteiger partial charge on any atom is -0.370 e. The van der Waals surface area contributed by atoms with Crippen molar-refractivity contribution in [2.75, 3.05) is 35.7 Å². The number of carbonyl (C=O) groups is 2. The van der Waals surface area contributed by atoms with Crippen LogP contribution < -0.4 is 15.4 Å². The van der Waals surface area contributed by atoms with Crippen LogP contribution in [0.3, 0.4) is 0 Å². The van der Waals surface area contributed by atoms with Crippen molar-refractivity contribution in [3.63, 3.8) is 0 Å². The van der Waals surface area contributed by atoms with Gasteiger partial charge < -0.3 is 15.0 Å². The standard InChI is InChI=1S/C13H17N3O5S/c14-22(19,20)8-5-12(17)15-10-1-3-11(4-2-10)16-6-7-21-9-13(16)18/h1-4H,5-9H2,(H,15,17)(H2,14,19,20). The normalized spacial score (nSPS) is 15.7. The predicted octanol–water partition coefficient (Wildman–Crippen LogP) is -0.333. The van der Waals surface area contributed by atoms with E-state index in [2.05, 4.69) is 5.32 Å². The molecule has 1 aliphatic heterocycles. The van der Waals surface area contributed by atoms with Crippen LogP contribution in [0.1, 0.15) is 6.42 Å². The topological polar surface area (TPSA) is 119 Å². The van der Waals surface area contributed by atoms with E-state index in [1.807, 2.05) is 0 Å². The fourth-order valence-corrected chi connectivity index (χ4v) is 2.44. The largest absolute Gasteiger partial charge is 0.370 e. The average Bonchev–Trinajstić information content (AvgIpc) is 2.46. The maximum atomic E-state index is 11.7. The van der Waals surface area contributed by atoms with E-state index in [0.29, 0.717) is 18.8 Å². The third kappa shape index (κ3) is 4.79. The molecule has 9 heteroatoms. The van der Waals surface area contributed by atoms with Gasteiger partial charge in [0.05, 0.1) is 12.4 Å². The van der Waals surface area contributed by atoms with Crippen LogP contribution in [0.25, 0.3) is 0 Å². The first-order chi connectivity index (χ1) is 10.3. The third-order valence-corrected chi connectivity index (χ3v) is 3.84.